The monoisotopic (exact) mass is 159 g/mol. The van der Waals surface area contributed by atoms with Gasteiger partial charge in [0.15, 0.2) is 5.03 Å². The van der Waals surface area contributed by atoms with Crippen molar-refractivity contribution in [1.82, 2.24) is 9.97 Å². The third-order valence-electron chi connectivity index (χ3n) is 0.937. The Bertz CT molecular complexity index is 246. The number of hydrogen-bond donors (Lipinski definition) is 3. The van der Waals surface area contributed by atoms with E-state index in [0.717, 1.165) is 0 Å². The smallest absolute Gasteiger partial charge is 0.268 e. The molecular weight excluding hydrogens is 154 g/mol. The summed E-state index contributed by atoms with van der Waals surface area (Å²) >= 11 is 0.387. The molecule has 0 aliphatic heterocycles. The first-order valence-electron chi connectivity index (χ1n) is 2.40. The molecule has 6 heteroatoms. The molecule has 0 saturated heterocycles. The molecule has 0 radical (unpaired) electrons. The highest BCUT2D eigenvalue weighted by atomic mass is 32.2. The van der Waals surface area contributed by atoms with Crippen LogP contribution in [-0.4, -0.2) is 20.4 Å². The van der Waals surface area contributed by atoms with Crippen molar-refractivity contribution in [3.8, 4) is 0 Å². The van der Waals surface area contributed by atoms with E-state index in [1.54, 1.807) is 0 Å². The van der Waals surface area contributed by atoms with Crippen LogP contribution < -0.4 is 5.73 Å². The van der Waals surface area contributed by atoms with Crippen LogP contribution in [0, 0.1) is 0 Å². The molecule has 10 heavy (non-hydrogen) atoms. The Labute approximate surface area is 60.9 Å². The van der Waals surface area contributed by atoms with Gasteiger partial charge in [-0.1, -0.05) is 0 Å². The fraction of sp³-hybridized carbons (Fsp3) is 0. The van der Waals surface area contributed by atoms with Gasteiger partial charge in [-0.25, -0.2) is 4.98 Å². The minimum absolute atomic E-state index is 0.132. The maximum absolute atomic E-state index is 10.5. The van der Waals surface area contributed by atoms with E-state index >= 15 is 0 Å². The lowest BCUT2D eigenvalue weighted by Crippen LogP contribution is -2.12. The molecule has 0 aliphatic carbocycles. The van der Waals surface area contributed by atoms with Crippen molar-refractivity contribution in [1.29, 1.82) is 0 Å². The summed E-state index contributed by atoms with van der Waals surface area (Å²) in [4.78, 5) is 16.6. The van der Waals surface area contributed by atoms with Gasteiger partial charge in [0.1, 0.15) is 5.69 Å². The van der Waals surface area contributed by atoms with Crippen molar-refractivity contribution in [2.75, 3.05) is 0 Å². The molecule has 1 heterocycles. The second-order valence-corrected chi connectivity index (χ2v) is 2.11. The third-order valence-corrected chi connectivity index (χ3v) is 1.42. The predicted octanol–water partition coefficient (Wildman–Crippen LogP) is 0.0737. The number of carbonyl (C=O) groups is 1. The number of rotatable bonds is 2. The topological polar surface area (TPSA) is 92.0 Å². The fourth-order valence-corrected chi connectivity index (χ4v) is 0.878. The number of nitrogens with zero attached hydrogens (tertiary/aromatic N) is 1. The van der Waals surface area contributed by atoms with Gasteiger partial charge in [-0.05, 0) is 0 Å². The van der Waals surface area contributed by atoms with Crippen LogP contribution >= 0.6 is 12.0 Å². The number of imidazole rings is 1. The van der Waals surface area contributed by atoms with Gasteiger partial charge in [0.25, 0.3) is 5.91 Å². The first-order chi connectivity index (χ1) is 4.75. The van der Waals surface area contributed by atoms with Crippen molar-refractivity contribution in [3.63, 3.8) is 0 Å². The number of nitrogens with one attached hydrogen (secondary N) is 1. The van der Waals surface area contributed by atoms with Crippen molar-refractivity contribution in [3.05, 3.63) is 12.0 Å². The molecule has 1 aromatic heterocycles. The Morgan fingerprint density at radius 1 is 1.90 bits per heavy atom. The van der Waals surface area contributed by atoms with Crippen LogP contribution in [0.4, 0.5) is 0 Å². The summed E-state index contributed by atoms with van der Waals surface area (Å²) in [7, 11) is 0. The van der Waals surface area contributed by atoms with Crippen LogP contribution in [0.15, 0.2) is 11.4 Å². The summed E-state index contributed by atoms with van der Waals surface area (Å²) in [5.41, 5.74) is 5.03. The van der Waals surface area contributed by atoms with Crippen LogP contribution in [0.5, 0.6) is 0 Å². The number of aromatic amines is 1. The zero-order chi connectivity index (χ0) is 7.56. The summed E-state index contributed by atoms with van der Waals surface area (Å²) < 4.78 is 8.48. The van der Waals surface area contributed by atoms with E-state index in [9.17, 15) is 4.79 Å². The Kier molecular flexibility index (Phi) is 1.93. The lowest BCUT2D eigenvalue weighted by molar-refractivity contribution is 0.0993. The molecule has 5 nitrogen and oxygen atoms in total. The largest absolute Gasteiger partial charge is 0.364 e. The molecular formula is C4H5N3O2S. The maximum Gasteiger partial charge on any atom is 0.268 e. The van der Waals surface area contributed by atoms with Crippen molar-refractivity contribution < 1.29 is 9.35 Å². The molecule has 0 unspecified atom stereocenters. The fourth-order valence-electron chi connectivity index (χ4n) is 0.527. The van der Waals surface area contributed by atoms with Crippen LogP contribution in [-0.2, 0) is 0 Å². The van der Waals surface area contributed by atoms with Crippen LogP contribution in [0.25, 0.3) is 0 Å². The van der Waals surface area contributed by atoms with Gasteiger partial charge in [-0.15, -0.1) is 0 Å². The van der Waals surface area contributed by atoms with E-state index < -0.39 is 5.91 Å². The summed E-state index contributed by atoms with van der Waals surface area (Å²) in [6, 6.07) is 0. The molecule has 54 valence electrons. The quantitative estimate of drug-likeness (QED) is 0.532. The lowest BCUT2D eigenvalue weighted by atomic mass is 10.5. The molecule has 0 fully saturated rings. The predicted molar refractivity (Wildman–Crippen MR) is 35.6 cm³/mol. The van der Waals surface area contributed by atoms with Crippen LogP contribution in [0.2, 0.25) is 0 Å². The number of primary amides is 1. The van der Waals surface area contributed by atoms with E-state index in [4.69, 9.17) is 10.3 Å². The van der Waals surface area contributed by atoms with Gasteiger partial charge < -0.3 is 15.3 Å². The summed E-state index contributed by atoms with van der Waals surface area (Å²) in [6.07, 6.45) is 1.29. The molecule has 1 aromatic rings. The second kappa shape index (κ2) is 2.72. The molecule has 1 rings (SSSR count). The van der Waals surface area contributed by atoms with Crippen molar-refractivity contribution in [2.24, 2.45) is 5.73 Å². The van der Waals surface area contributed by atoms with E-state index in [1.807, 2.05) is 0 Å². The van der Waals surface area contributed by atoms with Gasteiger partial charge in [0.05, 0.1) is 6.33 Å². The summed E-state index contributed by atoms with van der Waals surface area (Å²) in [6.45, 7) is 0. The highest BCUT2D eigenvalue weighted by molar-refractivity contribution is 7.93. The highest BCUT2D eigenvalue weighted by Gasteiger charge is 2.09. The van der Waals surface area contributed by atoms with E-state index in [2.05, 4.69) is 9.97 Å². The number of hydrogen-bond acceptors (Lipinski definition) is 4. The van der Waals surface area contributed by atoms with Crippen LogP contribution in [0.3, 0.4) is 0 Å². The molecule has 1 amide bonds. The zero-order valence-electron chi connectivity index (χ0n) is 4.87. The normalized spacial score (nSPS) is 9.70. The first kappa shape index (κ1) is 7.10. The van der Waals surface area contributed by atoms with Gasteiger partial charge in [0.2, 0.25) is 0 Å². The number of aromatic nitrogens is 2. The maximum atomic E-state index is 10.5. The number of H-pyrrole nitrogens is 1. The first-order valence-corrected chi connectivity index (χ1v) is 3.17. The summed E-state index contributed by atoms with van der Waals surface area (Å²) in [5, 5.41) is 0.201. The highest BCUT2D eigenvalue weighted by Crippen LogP contribution is 2.13. The summed E-state index contributed by atoms with van der Waals surface area (Å²) in [5.74, 6) is -0.631. The number of amides is 1. The second-order valence-electron chi connectivity index (χ2n) is 1.54. The number of carbonyl (C=O) groups excluding carboxylic acids is 1. The van der Waals surface area contributed by atoms with Gasteiger partial charge >= 0.3 is 0 Å². The van der Waals surface area contributed by atoms with Crippen LogP contribution in [0.1, 0.15) is 10.5 Å². The molecule has 0 aromatic carbocycles. The minimum atomic E-state index is -0.631. The SMILES string of the molecule is NC(=O)c1[nH]cnc1SO. The average molecular weight is 159 g/mol. The Hall–Kier alpha value is -1.01. The molecule has 0 spiro atoms. The third kappa shape index (κ3) is 1.12. The molecule has 0 atom stereocenters. The van der Waals surface area contributed by atoms with E-state index in [0.29, 0.717) is 12.0 Å². The van der Waals surface area contributed by atoms with Crippen molar-refractivity contribution in [2.45, 2.75) is 5.03 Å². The minimum Gasteiger partial charge on any atom is -0.364 e. The molecule has 4 N–H and O–H groups in total. The molecule has 0 saturated carbocycles. The van der Waals surface area contributed by atoms with Crippen molar-refractivity contribution >= 4 is 17.9 Å². The standard InChI is InChI=1S/C4H5N3O2S/c5-3(8)2-4(10-9)7-1-6-2/h1,9H,(H2,5,8)(H,6,7). The van der Waals surface area contributed by atoms with Gasteiger partial charge in [0, 0.05) is 12.0 Å². The lowest BCUT2D eigenvalue weighted by Gasteiger charge is -1.89. The van der Waals surface area contributed by atoms with Gasteiger partial charge in [-0.2, -0.15) is 0 Å². The Morgan fingerprint density at radius 3 is 3.00 bits per heavy atom. The Morgan fingerprint density at radius 2 is 2.60 bits per heavy atom. The average Bonchev–Trinajstić information content (AvgIpc) is 2.33. The van der Waals surface area contributed by atoms with E-state index in [-0.39, 0.29) is 10.7 Å². The van der Waals surface area contributed by atoms with E-state index in [1.165, 1.54) is 6.33 Å². The molecule has 0 aliphatic rings. The molecule has 0 bridgehead atoms. The Balaban J connectivity index is 3.01. The number of nitrogens with two attached hydrogens (primary N) is 1. The van der Waals surface area contributed by atoms with Gasteiger partial charge in [-0.3, -0.25) is 4.79 Å². The zero-order valence-corrected chi connectivity index (χ0v) is 5.68.